The number of thiazole rings is 1. The Balaban J connectivity index is 2.16. The lowest BCUT2D eigenvalue weighted by molar-refractivity contribution is 0.868. The molecule has 0 aliphatic heterocycles. The molecule has 0 aliphatic rings. The first-order valence-corrected chi connectivity index (χ1v) is 6.68. The zero-order valence-electron chi connectivity index (χ0n) is 10.3. The summed E-state index contributed by atoms with van der Waals surface area (Å²) in [6.07, 6.45) is 0. The summed E-state index contributed by atoms with van der Waals surface area (Å²) in [4.78, 5) is 5.45. The van der Waals surface area contributed by atoms with E-state index in [0.717, 1.165) is 22.0 Å². The van der Waals surface area contributed by atoms with Crippen LogP contribution in [0.15, 0.2) is 23.6 Å². The van der Waals surface area contributed by atoms with Gasteiger partial charge in [0.2, 0.25) is 4.96 Å². The Kier molecular flexibility index (Phi) is 2.65. The van der Waals surface area contributed by atoms with Crippen LogP contribution in [0.2, 0.25) is 0 Å². The molecule has 0 spiro atoms. The Morgan fingerprint density at radius 2 is 2.17 bits per heavy atom. The summed E-state index contributed by atoms with van der Waals surface area (Å²) in [6, 6.07) is 6.31. The van der Waals surface area contributed by atoms with Gasteiger partial charge in [0.25, 0.3) is 0 Å². The van der Waals surface area contributed by atoms with Gasteiger partial charge in [0.05, 0.1) is 5.69 Å². The molecule has 18 heavy (non-hydrogen) atoms. The lowest BCUT2D eigenvalue weighted by Crippen LogP contribution is -2.01. The fourth-order valence-corrected chi connectivity index (χ4v) is 2.88. The Labute approximate surface area is 109 Å². The smallest absolute Gasteiger partial charge is 0.212 e. The number of aromatic nitrogens is 3. The third kappa shape index (κ3) is 1.72. The van der Waals surface area contributed by atoms with E-state index in [1.807, 2.05) is 9.90 Å². The van der Waals surface area contributed by atoms with Gasteiger partial charge in [0.15, 0.2) is 5.82 Å². The normalized spacial score (nSPS) is 11.3. The van der Waals surface area contributed by atoms with E-state index < -0.39 is 0 Å². The second-order valence-electron chi connectivity index (χ2n) is 4.38. The molecule has 2 heterocycles. The van der Waals surface area contributed by atoms with Crippen LogP contribution in [-0.2, 0) is 6.54 Å². The molecule has 92 valence electrons. The summed E-state index contributed by atoms with van der Waals surface area (Å²) in [5, 5.41) is 6.54. The van der Waals surface area contributed by atoms with Crippen molar-refractivity contribution in [3.05, 3.63) is 40.4 Å². The molecule has 5 heteroatoms. The minimum Gasteiger partial charge on any atom is -0.325 e. The fraction of sp³-hybridized carbons (Fsp3) is 0.231. The largest absolute Gasteiger partial charge is 0.325 e. The summed E-state index contributed by atoms with van der Waals surface area (Å²) >= 11 is 1.57. The number of hydrogen-bond donors (Lipinski definition) is 1. The Bertz CT molecular complexity index is 711. The van der Waals surface area contributed by atoms with Crippen LogP contribution in [0.3, 0.4) is 0 Å². The number of fused-ring (bicyclic) bond motifs is 1. The molecule has 3 rings (SSSR count). The second-order valence-corrected chi connectivity index (χ2v) is 5.22. The van der Waals surface area contributed by atoms with Gasteiger partial charge in [-0.05, 0) is 19.4 Å². The first-order chi connectivity index (χ1) is 8.69. The summed E-state index contributed by atoms with van der Waals surface area (Å²) in [5.74, 6) is 0.772. The highest BCUT2D eigenvalue weighted by atomic mass is 32.1. The molecule has 3 aromatic rings. The van der Waals surface area contributed by atoms with Gasteiger partial charge in [-0.25, -0.2) is 4.52 Å². The molecule has 4 nitrogen and oxygen atoms in total. The van der Waals surface area contributed by atoms with Crippen molar-refractivity contribution in [2.45, 2.75) is 20.4 Å². The zero-order valence-corrected chi connectivity index (χ0v) is 11.2. The van der Waals surface area contributed by atoms with E-state index in [9.17, 15) is 0 Å². The summed E-state index contributed by atoms with van der Waals surface area (Å²) in [7, 11) is 0. The summed E-state index contributed by atoms with van der Waals surface area (Å²) < 4.78 is 1.83. The second kappa shape index (κ2) is 4.19. The van der Waals surface area contributed by atoms with Crippen molar-refractivity contribution >= 4 is 16.3 Å². The number of nitrogens with zero attached hydrogens (tertiary/aromatic N) is 3. The van der Waals surface area contributed by atoms with Crippen LogP contribution in [0.4, 0.5) is 0 Å². The predicted octanol–water partition coefficient (Wildman–Crippen LogP) is 2.53. The third-order valence-electron chi connectivity index (χ3n) is 2.98. The van der Waals surface area contributed by atoms with Crippen LogP contribution >= 0.6 is 11.3 Å². The first kappa shape index (κ1) is 11.4. The zero-order chi connectivity index (χ0) is 12.7. The van der Waals surface area contributed by atoms with E-state index in [4.69, 9.17) is 5.73 Å². The molecule has 0 fully saturated rings. The fourth-order valence-electron chi connectivity index (χ4n) is 2.04. The van der Waals surface area contributed by atoms with Gasteiger partial charge in [0, 0.05) is 17.5 Å². The van der Waals surface area contributed by atoms with Crippen LogP contribution < -0.4 is 5.73 Å². The molecule has 0 saturated carbocycles. The van der Waals surface area contributed by atoms with Crippen molar-refractivity contribution < 1.29 is 0 Å². The monoisotopic (exact) mass is 258 g/mol. The minimum atomic E-state index is 0.482. The van der Waals surface area contributed by atoms with Gasteiger partial charge in [-0.3, -0.25) is 0 Å². The number of nitrogens with two attached hydrogens (primary N) is 1. The van der Waals surface area contributed by atoms with Gasteiger partial charge >= 0.3 is 0 Å². The molecule has 0 amide bonds. The Morgan fingerprint density at radius 1 is 1.33 bits per heavy atom. The van der Waals surface area contributed by atoms with Crippen molar-refractivity contribution in [1.82, 2.24) is 14.6 Å². The number of aryl methyl sites for hydroxylation is 2. The lowest BCUT2D eigenvalue weighted by Gasteiger charge is -2.02. The lowest BCUT2D eigenvalue weighted by atomic mass is 10.1. The van der Waals surface area contributed by atoms with E-state index in [-0.39, 0.29) is 0 Å². The molecule has 2 N–H and O–H groups in total. The van der Waals surface area contributed by atoms with Gasteiger partial charge < -0.3 is 5.73 Å². The Hall–Kier alpha value is -1.72. The van der Waals surface area contributed by atoms with Crippen molar-refractivity contribution in [3.8, 4) is 11.4 Å². The molecule has 0 bridgehead atoms. The Morgan fingerprint density at radius 3 is 2.89 bits per heavy atom. The molecule has 0 aliphatic carbocycles. The van der Waals surface area contributed by atoms with Crippen LogP contribution in [0.25, 0.3) is 16.3 Å². The van der Waals surface area contributed by atoms with Crippen LogP contribution in [0.5, 0.6) is 0 Å². The minimum absolute atomic E-state index is 0.482. The molecule has 0 atom stereocenters. The molecule has 1 aromatic carbocycles. The SMILES string of the molecule is Cc1ccc(-c2nc3scc(CN)n3n2)c(C)c1. The van der Waals surface area contributed by atoms with Gasteiger partial charge in [0.1, 0.15) is 0 Å². The van der Waals surface area contributed by atoms with Crippen molar-refractivity contribution in [2.75, 3.05) is 0 Å². The molecular formula is C13H14N4S. The summed E-state index contributed by atoms with van der Waals surface area (Å²) in [6.45, 7) is 4.65. The van der Waals surface area contributed by atoms with E-state index in [1.165, 1.54) is 11.1 Å². The highest BCUT2D eigenvalue weighted by Gasteiger charge is 2.12. The van der Waals surface area contributed by atoms with E-state index in [0.29, 0.717) is 6.54 Å². The number of rotatable bonds is 2. The third-order valence-corrected chi connectivity index (χ3v) is 3.85. The van der Waals surface area contributed by atoms with Crippen molar-refractivity contribution in [1.29, 1.82) is 0 Å². The van der Waals surface area contributed by atoms with Crippen LogP contribution in [-0.4, -0.2) is 14.6 Å². The maximum absolute atomic E-state index is 5.68. The van der Waals surface area contributed by atoms with Crippen LogP contribution in [0.1, 0.15) is 16.8 Å². The molecule has 0 saturated heterocycles. The quantitative estimate of drug-likeness (QED) is 0.768. The number of hydrogen-bond acceptors (Lipinski definition) is 4. The molecule has 0 radical (unpaired) electrons. The average Bonchev–Trinajstić information content (AvgIpc) is 2.88. The highest BCUT2D eigenvalue weighted by molar-refractivity contribution is 7.15. The molecular weight excluding hydrogens is 244 g/mol. The molecule has 0 unspecified atom stereocenters. The average molecular weight is 258 g/mol. The van der Waals surface area contributed by atoms with E-state index in [2.05, 4.69) is 42.1 Å². The van der Waals surface area contributed by atoms with Gasteiger partial charge in [-0.1, -0.05) is 23.8 Å². The van der Waals surface area contributed by atoms with E-state index in [1.54, 1.807) is 11.3 Å². The standard InChI is InChI=1S/C13H14N4S/c1-8-3-4-11(9(2)5-8)12-15-13-17(16-12)10(6-14)7-18-13/h3-5,7H,6,14H2,1-2H3. The van der Waals surface area contributed by atoms with Crippen molar-refractivity contribution in [2.24, 2.45) is 5.73 Å². The topological polar surface area (TPSA) is 56.2 Å². The maximum atomic E-state index is 5.68. The van der Waals surface area contributed by atoms with Gasteiger partial charge in [-0.2, -0.15) is 4.98 Å². The number of benzene rings is 1. The summed E-state index contributed by atoms with van der Waals surface area (Å²) in [5.41, 5.74) is 10.2. The van der Waals surface area contributed by atoms with Gasteiger partial charge in [-0.15, -0.1) is 16.4 Å². The molecule has 2 aromatic heterocycles. The van der Waals surface area contributed by atoms with Crippen molar-refractivity contribution in [3.63, 3.8) is 0 Å². The van der Waals surface area contributed by atoms with Crippen LogP contribution in [0, 0.1) is 13.8 Å². The highest BCUT2D eigenvalue weighted by Crippen LogP contribution is 2.24. The predicted molar refractivity (Wildman–Crippen MR) is 73.7 cm³/mol. The first-order valence-electron chi connectivity index (χ1n) is 5.80. The maximum Gasteiger partial charge on any atom is 0.212 e. The van der Waals surface area contributed by atoms with E-state index >= 15 is 0 Å².